The van der Waals surface area contributed by atoms with Crippen LogP contribution in [-0.4, -0.2) is 59.9 Å². The summed E-state index contributed by atoms with van der Waals surface area (Å²) in [7, 11) is 5.27. The molecule has 1 saturated heterocycles. The Morgan fingerprint density at radius 1 is 1.30 bits per heavy atom. The maximum atomic E-state index is 12.9. The highest BCUT2D eigenvalue weighted by Crippen LogP contribution is 2.33. The van der Waals surface area contributed by atoms with Crippen LogP contribution in [0.2, 0.25) is 0 Å². The number of imidazole rings is 1. The third kappa shape index (κ3) is 2.52. The van der Waals surface area contributed by atoms with E-state index in [4.69, 9.17) is 9.47 Å². The molecule has 0 bridgehead atoms. The van der Waals surface area contributed by atoms with Crippen molar-refractivity contribution in [2.24, 2.45) is 7.05 Å². The number of rotatable bonds is 5. The molecule has 2 aromatic rings. The molecule has 0 unspecified atom stereocenters. The molecule has 1 aliphatic rings. The first-order valence-corrected chi connectivity index (χ1v) is 7.75. The van der Waals surface area contributed by atoms with E-state index in [0.29, 0.717) is 18.8 Å². The zero-order chi connectivity index (χ0) is 16.6. The van der Waals surface area contributed by atoms with Gasteiger partial charge in [-0.25, -0.2) is 4.98 Å². The van der Waals surface area contributed by atoms with Gasteiger partial charge in [-0.2, -0.15) is 0 Å². The summed E-state index contributed by atoms with van der Waals surface area (Å²) in [4.78, 5) is 19.3. The van der Waals surface area contributed by atoms with Crippen molar-refractivity contribution in [1.82, 2.24) is 14.5 Å². The first-order chi connectivity index (χ1) is 11.0. The topological polar surface area (TPSA) is 56.6 Å². The van der Waals surface area contributed by atoms with Crippen LogP contribution in [0.4, 0.5) is 0 Å². The number of carbonyl (C=O) groups excluding carboxylic acids is 1. The predicted molar refractivity (Wildman–Crippen MR) is 87.6 cm³/mol. The van der Waals surface area contributed by atoms with Gasteiger partial charge in [0.1, 0.15) is 5.82 Å². The molecule has 1 amide bonds. The van der Waals surface area contributed by atoms with Gasteiger partial charge in [-0.15, -0.1) is 0 Å². The molecule has 6 heteroatoms. The van der Waals surface area contributed by atoms with E-state index in [1.54, 1.807) is 14.2 Å². The molecule has 0 radical (unpaired) electrons. The van der Waals surface area contributed by atoms with Gasteiger partial charge in [0, 0.05) is 33.4 Å². The van der Waals surface area contributed by atoms with Gasteiger partial charge in [0.15, 0.2) is 0 Å². The van der Waals surface area contributed by atoms with Gasteiger partial charge in [0.05, 0.1) is 29.8 Å². The smallest absolute Gasteiger partial charge is 0.254 e. The molecule has 23 heavy (non-hydrogen) atoms. The lowest BCUT2D eigenvalue weighted by atomic mass is 9.85. The number of aromatic nitrogens is 2. The molecule has 124 valence electrons. The third-order valence-electron chi connectivity index (χ3n) is 4.80. The third-order valence-corrected chi connectivity index (χ3v) is 4.80. The Morgan fingerprint density at radius 3 is 2.57 bits per heavy atom. The number of benzene rings is 1. The van der Waals surface area contributed by atoms with Crippen molar-refractivity contribution in [1.29, 1.82) is 0 Å². The number of carbonyl (C=O) groups is 1. The lowest BCUT2D eigenvalue weighted by molar-refractivity contribution is -0.0815. The summed E-state index contributed by atoms with van der Waals surface area (Å²) in [5.74, 6) is 0.952. The molecule has 1 aromatic heterocycles. The first kappa shape index (κ1) is 16.0. The van der Waals surface area contributed by atoms with Gasteiger partial charge < -0.3 is 18.9 Å². The van der Waals surface area contributed by atoms with Crippen molar-refractivity contribution in [2.75, 3.05) is 34.0 Å². The molecule has 0 saturated carbocycles. The molecule has 2 heterocycles. The van der Waals surface area contributed by atoms with Crippen molar-refractivity contribution in [3.63, 3.8) is 0 Å². The normalized spacial score (nSPS) is 16.6. The Balaban J connectivity index is 1.92. The molecule has 1 aromatic carbocycles. The van der Waals surface area contributed by atoms with Crippen LogP contribution in [-0.2, 0) is 16.5 Å². The number of fused-ring (bicyclic) bond motifs is 1. The summed E-state index contributed by atoms with van der Waals surface area (Å²) in [6.07, 6.45) is 0.896. The van der Waals surface area contributed by atoms with Gasteiger partial charge in [-0.05, 0) is 31.5 Å². The second-order valence-corrected chi connectivity index (χ2v) is 6.22. The Hall–Kier alpha value is -1.92. The minimum atomic E-state index is -0.349. The van der Waals surface area contributed by atoms with Crippen molar-refractivity contribution in [3.8, 4) is 0 Å². The fourth-order valence-electron chi connectivity index (χ4n) is 3.34. The number of aryl methyl sites for hydroxylation is 2. The van der Waals surface area contributed by atoms with Crippen LogP contribution in [0.5, 0.6) is 0 Å². The predicted octanol–water partition coefficient (Wildman–Crippen LogP) is 1.76. The van der Waals surface area contributed by atoms with Crippen LogP contribution in [0.3, 0.4) is 0 Å². The molecule has 3 rings (SSSR count). The summed E-state index contributed by atoms with van der Waals surface area (Å²) in [6.45, 7) is 3.66. The number of hydrogen-bond acceptors (Lipinski definition) is 4. The van der Waals surface area contributed by atoms with E-state index in [-0.39, 0.29) is 11.4 Å². The number of nitrogens with zero attached hydrogens (tertiary/aromatic N) is 3. The molecule has 1 fully saturated rings. The van der Waals surface area contributed by atoms with E-state index < -0.39 is 0 Å². The van der Waals surface area contributed by atoms with Crippen LogP contribution < -0.4 is 0 Å². The second kappa shape index (κ2) is 5.94. The summed E-state index contributed by atoms with van der Waals surface area (Å²) in [5, 5.41) is 0. The van der Waals surface area contributed by atoms with Crippen LogP contribution >= 0.6 is 0 Å². The van der Waals surface area contributed by atoms with E-state index in [1.807, 2.05) is 41.6 Å². The van der Waals surface area contributed by atoms with E-state index >= 15 is 0 Å². The van der Waals surface area contributed by atoms with Gasteiger partial charge >= 0.3 is 0 Å². The Labute approximate surface area is 136 Å². The van der Waals surface area contributed by atoms with Crippen molar-refractivity contribution < 1.29 is 14.3 Å². The minimum absolute atomic E-state index is 0.0195. The maximum absolute atomic E-state index is 12.9. The van der Waals surface area contributed by atoms with E-state index in [9.17, 15) is 4.79 Å². The van der Waals surface area contributed by atoms with Crippen molar-refractivity contribution >= 4 is 16.9 Å². The highest BCUT2D eigenvalue weighted by Gasteiger charge is 2.47. The van der Waals surface area contributed by atoms with Gasteiger partial charge in [0.2, 0.25) is 0 Å². The standard InChI is InChI=1S/C17H23N3O3/c1-12-18-14-6-5-13(9-15(14)19(12)2)16(21)20-8-7-17(20,10-22-3)11-23-4/h5-6,9H,7-8,10-11H2,1-4H3. The number of hydrogen-bond donors (Lipinski definition) is 0. The second-order valence-electron chi connectivity index (χ2n) is 6.22. The van der Waals surface area contributed by atoms with Gasteiger partial charge in [-0.3, -0.25) is 4.79 Å². The van der Waals surface area contributed by atoms with Crippen molar-refractivity contribution in [3.05, 3.63) is 29.6 Å². The lowest BCUT2D eigenvalue weighted by Crippen LogP contribution is -2.66. The fourth-order valence-corrected chi connectivity index (χ4v) is 3.34. The number of likely N-dealkylation sites (tertiary alicyclic amines) is 1. The summed E-state index contributed by atoms with van der Waals surface area (Å²) in [5.41, 5.74) is 2.21. The molecular weight excluding hydrogens is 294 g/mol. The Bertz CT molecular complexity index is 732. The molecular formula is C17H23N3O3. The molecule has 0 N–H and O–H groups in total. The first-order valence-electron chi connectivity index (χ1n) is 7.75. The molecule has 0 atom stereocenters. The van der Waals surface area contributed by atoms with E-state index in [2.05, 4.69) is 4.98 Å². The number of amides is 1. The highest BCUT2D eigenvalue weighted by atomic mass is 16.5. The van der Waals surface area contributed by atoms with Crippen LogP contribution in [0.15, 0.2) is 18.2 Å². The molecule has 0 aliphatic carbocycles. The largest absolute Gasteiger partial charge is 0.382 e. The number of methoxy groups -OCH3 is 2. The summed E-state index contributed by atoms with van der Waals surface area (Å²) in [6, 6.07) is 5.67. The van der Waals surface area contributed by atoms with Crippen LogP contribution in [0.25, 0.3) is 11.0 Å². The van der Waals surface area contributed by atoms with Crippen LogP contribution in [0, 0.1) is 6.92 Å². The quantitative estimate of drug-likeness (QED) is 0.843. The van der Waals surface area contributed by atoms with Crippen LogP contribution in [0.1, 0.15) is 22.6 Å². The van der Waals surface area contributed by atoms with E-state index in [0.717, 1.165) is 29.8 Å². The average molecular weight is 317 g/mol. The lowest BCUT2D eigenvalue weighted by Gasteiger charge is -2.52. The maximum Gasteiger partial charge on any atom is 0.254 e. The fraction of sp³-hybridized carbons (Fsp3) is 0.529. The van der Waals surface area contributed by atoms with Gasteiger partial charge in [0.25, 0.3) is 5.91 Å². The summed E-state index contributed by atoms with van der Waals surface area (Å²) >= 11 is 0. The average Bonchev–Trinajstić information content (AvgIpc) is 2.80. The Kier molecular flexibility index (Phi) is 4.12. The zero-order valence-corrected chi connectivity index (χ0v) is 14.1. The van der Waals surface area contributed by atoms with Gasteiger partial charge in [-0.1, -0.05) is 0 Å². The number of ether oxygens (including phenoxy) is 2. The monoisotopic (exact) mass is 317 g/mol. The Morgan fingerprint density at radius 2 is 2.00 bits per heavy atom. The molecule has 0 spiro atoms. The SMILES string of the molecule is COCC1(COC)CCN1C(=O)c1ccc2nc(C)n(C)c2c1. The highest BCUT2D eigenvalue weighted by molar-refractivity contribution is 5.98. The minimum Gasteiger partial charge on any atom is -0.382 e. The van der Waals surface area contributed by atoms with E-state index in [1.165, 1.54) is 0 Å². The van der Waals surface area contributed by atoms with Crippen molar-refractivity contribution in [2.45, 2.75) is 18.9 Å². The molecule has 6 nitrogen and oxygen atoms in total. The molecule has 1 aliphatic heterocycles. The summed E-state index contributed by atoms with van der Waals surface area (Å²) < 4.78 is 12.6. The zero-order valence-electron chi connectivity index (χ0n) is 14.1.